The highest BCUT2D eigenvalue weighted by molar-refractivity contribution is 8.03. The van der Waals surface area contributed by atoms with Crippen LogP contribution in [0.15, 0.2) is 8.68 Å². The number of aromatic nitrogens is 2. The van der Waals surface area contributed by atoms with Crippen LogP contribution in [0.5, 0.6) is 0 Å². The van der Waals surface area contributed by atoms with E-state index in [2.05, 4.69) is 15.5 Å². The minimum Gasteiger partial charge on any atom is -0.468 e. The Morgan fingerprint density at radius 2 is 2.29 bits per heavy atom. The first-order chi connectivity index (χ1) is 10.1. The first-order valence-electron chi connectivity index (χ1n) is 7.01. The Bertz CT molecular complexity index is 479. The number of nitrogens with zero attached hydrogens (tertiary/aromatic N) is 2. The van der Waals surface area contributed by atoms with Crippen molar-refractivity contribution in [3.05, 3.63) is 0 Å². The van der Waals surface area contributed by atoms with Gasteiger partial charge >= 0.3 is 5.97 Å². The Labute approximate surface area is 138 Å². The fourth-order valence-corrected chi connectivity index (χ4v) is 5.77. The zero-order valence-electron chi connectivity index (χ0n) is 12.5. The number of carbonyl (C=O) groups is 1. The molecule has 0 radical (unpaired) electrons. The molecule has 2 rings (SSSR count). The molecule has 1 aliphatic carbocycles. The van der Waals surface area contributed by atoms with Crippen LogP contribution in [0.1, 0.15) is 32.6 Å². The summed E-state index contributed by atoms with van der Waals surface area (Å²) in [4.78, 5) is 12.2. The van der Waals surface area contributed by atoms with E-state index in [4.69, 9.17) is 4.74 Å². The van der Waals surface area contributed by atoms with E-state index in [1.54, 1.807) is 34.9 Å². The zero-order chi connectivity index (χ0) is 15.3. The molecule has 0 spiro atoms. The van der Waals surface area contributed by atoms with Gasteiger partial charge in [-0.1, -0.05) is 41.8 Å². The van der Waals surface area contributed by atoms with Gasteiger partial charge in [-0.15, -0.1) is 10.2 Å². The van der Waals surface area contributed by atoms with Crippen LogP contribution in [0.25, 0.3) is 0 Å². The van der Waals surface area contributed by atoms with Crippen molar-refractivity contribution in [2.45, 2.75) is 52.1 Å². The van der Waals surface area contributed by atoms with Crippen molar-refractivity contribution in [2.75, 3.05) is 19.9 Å². The maximum absolute atomic E-state index is 12.2. The molecule has 1 aromatic heterocycles. The lowest BCUT2D eigenvalue weighted by Crippen LogP contribution is -2.55. The van der Waals surface area contributed by atoms with Crippen LogP contribution in [0.4, 0.5) is 0 Å². The number of esters is 1. The molecule has 0 aliphatic heterocycles. The lowest BCUT2D eigenvalue weighted by Gasteiger charge is -2.38. The molecule has 0 saturated heterocycles. The molecule has 1 aromatic rings. The summed E-state index contributed by atoms with van der Waals surface area (Å²) < 4.78 is 7.00. The molecule has 1 saturated carbocycles. The van der Waals surface area contributed by atoms with E-state index in [1.165, 1.54) is 7.11 Å². The van der Waals surface area contributed by atoms with E-state index in [1.807, 2.05) is 13.2 Å². The first kappa shape index (κ1) is 17.1. The largest absolute Gasteiger partial charge is 0.468 e. The highest BCUT2D eigenvalue weighted by Crippen LogP contribution is 2.40. The van der Waals surface area contributed by atoms with E-state index >= 15 is 0 Å². The number of hydrogen-bond acceptors (Lipinski definition) is 8. The van der Waals surface area contributed by atoms with Crippen molar-refractivity contribution in [1.29, 1.82) is 0 Å². The lowest BCUT2D eigenvalue weighted by molar-refractivity contribution is -0.150. The molecule has 8 heteroatoms. The van der Waals surface area contributed by atoms with Crippen molar-refractivity contribution in [3.63, 3.8) is 0 Å². The number of nitrogens with one attached hydrogen (secondary N) is 1. The van der Waals surface area contributed by atoms with Crippen LogP contribution in [-0.4, -0.2) is 46.9 Å². The van der Waals surface area contributed by atoms with E-state index in [-0.39, 0.29) is 5.97 Å². The summed E-state index contributed by atoms with van der Waals surface area (Å²) in [6.07, 6.45) is 5.75. The number of hydrogen-bond donors (Lipinski definition) is 1. The van der Waals surface area contributed by atoms with Crippen molar-refractivity contribution < 1.29 is 9.53 Å². The Morgan fingerprint density at radius 1 is 1.52 bits per heavy atom. The minimum atomic E-state index is -0.535. The van der Waals surface area contributed by atoms with Crippen LogP contribution in [0.2, 0.25) is 0 Å². The Hall–Kier alpha value is -0.310. The van der Waals surface area contributed by atoms with Crippen LogP contribution < -0.4 is 5.32 Å². The van der Waals surface area contributed by atoms with Gasteiger partial charge < -0.3 is 10.1 Å². The van der Waals surface area contributed by atoms with Crippen LogP contribution in [0, 0.1) is 0 Å². The summed E-state index contributed by atoms with van der Waals surface area (Å²) in [5, 5.41) is 12.1. The second kappa shape index (κ2) is 7.80. The molecule has 1 fully saturated rings. The average Bonchev–Trinajstić information content (AvgIpc) is 2.94. The highest BCUT2D eigenvalue weighted by Gasteiger charge is 2.43. The van der Waals surface area contributed by atoms with Crippen molar-refractivity contribution >= 4 is 40.8 Å². The van der Waals surface area contributed by atoms with Crippen LogP contribution in [0.3, 0.4) is 0 Å². The third-order valence-electron chi connectivity index (χ3n) is 3.63. The molecule has 21 heavy (non-hydrogen) atoms. The molecule has 1 aliphatic rings. The number of thioether (sulfide) groups is 2. The first-order valence-corrected chi connectivity index (χ1v) is 9.93. The molecule has 2 atom stereocenters. The van der Waals surface area contributed by atoms with Gasteiger partial charge in [-0.25, -0.2) is 0 Å². The average molecular weight is 348 g/mol. The fraction of sp³-hybridized carbons (Fsp3) is 0.769. The Morgan fingerprint density at radius 3 is 2.90 bits per heavy atom. The monoisotopic (exact) mass is 347 g/mol. The molecule has 2 unspecified atom stereocenters. The second-order valence-electron chi connectivity index (χ2n) is 4.98. The topological polar surface area (TPSA) is 64.1 Å². The summed E-state index contributed by atoms with van der Waals surface area (Å²) in [5.74, 6) is -0.142. The van der Waals surface area contributed by atoms with Crippen molar-refractivity contribution in [1.82, 2.24) is 15.5 Å². The Balaban J connectivity index is 2.05. The molecule has 0 bridgehead atoms. The number of methoxy groups -OCH3 is 1. The SMILES string of the molecule is CCNC1(C(=O)OC)CCCC(Sc2nnc(SC)s2)C1. The highest BCUT2D eigenvalue weighted by atomic mass is 32.2. The van der Waals surface area contributed by atoms with Gasteiger partial charge in [0, 0.05) is 5.25 Å². The molecule has 1 heterocycles. The third-order valence-corrected chi connectivity index (χ3v) is 6.88. The molecule has 1 N–H and O–H groups in total. The molecular weight excluding hydrogens is 326 g/mol. The molecular formula is C13H21N3O2S3. The van der Waals surface area contributed by atoms with Gasteiger partial charge in [0.25, 0.3) is 0 Å². The summed E-state index contributed by atoms with van der Waals surface area (Å²) in [5.41, 5.74) is -0.535. The van der Waals surface area contributed by atoms with E-state index in [9.17, 15) is 4.79 Å². The van der Waals surface area contributed by atoms with Crippen molar-refractivity contribution in [2.24, 2.45) is 0 Å². The van der Waals surface area contributed by atoms with E-state index in [0.717, 1.165) is 40.9 Å². The number of rotatable bonds is 6. The van der Waals surface area contributed by atoms with E-state index < -0.39 is 5.54 Å². The maximum Gasteiger partial charge on any atom is 0.326 e. The van der Waals surface area contributed by atoms with Gasteiger partial charge in [0.1, 0.15) is 5.54 Å². The van der Waals surface area contributed by atoms with Gasteiger partial charge in [0.2, 0.25) is 0 Å². The van der Waals surface area contributed by atoms with Gasteiger partial charge in [-0.3, -0.25) is 4.79 Å². The number of ether oxygens (including phenoxy) is 1. The smallest absolute Gasteiger partial charge is 0.326 e. The molecule has 0 aromatic carbocycles. The Kier molecular flexibility index (Phi) is 6.34. The minimum absolute atomic E-state index is 0.142. The number of carbonyl (C=O) groups excluding carboxylic acids is 1. The lowest BCUT2D eigenvalue weighted by atomic mass is 9.81. The normalized spacial score (nSPS) is 25.8. The summed E-state index contributed by atoms with van der Waals surface area (Å²) in [6.45, 7) is 2.79. The van der Waals surface area contributed by atoms with Crippen molar-refractivity contribution in [3.8, 4) is 0 Å². The van der Waals surface area contributed by atoms with Gasteiger partial charge in [-0.2, -0.15) is 0 Å². The summed E-state index contributed by atoms with van der Waals surface area (Å²) >= 11 is 4.98. The van der Waals surface area contributed by atoms with Crippen LogP contribution >= 0.6 is 34.9 Å². The number of likely N-dealkylation sites (N-methyl/N-ethyl adjacent to an activating group) is 1. The molecule has 0 amide bonds. The summed E-state index contributed by atoms with van der Waals surface area (Å²) in [6, 6.07) is 0. The predicted octanol–water partition coefficient (Wildman–Crippen LogP) is 2.82. The quantitative estimate of drug-likeness (QED) is 0.627. The van der Waals surface area contributed by atoms with Gasteiger partial charge in [-0.05, 0) is 38.5 Å². The maximum atomic E-state index is 12.2. The third kappa shape index (κ3) is 4.12. The van der Waals surface area contributed by atoms with E-state index in [0.29, 0.717) is 5.25 Å². The van der Waals surface area contributed by atoms with Gasteiger partial charge in [0.15, 0.2) is 8.68 Å². The molecule has 118 valence electrons. The fourth-order valence-electron chi connectivity index (χ4n) is 2.75. The van der Waals surface area contributed by atoms with Crippen LogP contribution in [-0.2, 0) is 9.53 Å². The molecule has 5 nitrogen and oxygen atoms in total. The second-order valence-corrected chi connectivity index (χ2v) is 8.56. The zero-order valence-corrected chi connectivity index (χ0v) is 15.0. The van der Waals surface area contributed by atoms with Gasteiger partial charge in [0.05, 0.1) is 7.11 Å². The standard InChI is InChI=1S/C13H21N3O2S3/c1-4-14-13(10(17)18-2)7-5-6-9(8-13)20-12-16-15-11(19-3)21-12/h9,14H,4-8H2,1-3H3. The summed E-state index contributed by atoms with van der Waals surface area (Å²) in [7, 11) is 1.47. The predicted molar refractivity (Wildman–Crippen MR) is 88.2 cm³/mol.